The van der Waals surface area contributed by atoms with Crippen LogP contribution in [0.3, 0.4) is 0 Å². The molecule has 2 heterocycles. The number of benzene rings is 1. The maximum absolute atomic E-state index is 7.00. The molecular weight excluding hydrogens is 244 g/mol. The van der Waals surface area contributed by atoms with Crippen molar-refractivity contribution in [3.05, 3.63) is 36.4 Å². The highest BCUT2D eigenvalue weighted by Gasteiger charge is 2.52. The van der Waals surface area contributed by atoms with Crippen LogP contribution in [0.15, 0.2) is 36.4 Å². The summed E-state index contributed by atoms with van der Waals surface area (Å²) >= 11 is 0. The molecule has 1 aromatic carbocycles. The molecular formula is C15H22O4. The molecule has 2 saturated heterocycles. The highest BCUT2D eigenvalue weighted by molar-refractivity contribution is 5.00. The Labute approximate surface area is 114 Å². The van der Waals surface area contributed by atoms with Crippen molar-refractivity contribution in [2.75, 3.05) is 27.1 Å². The third-order valence-electron chi connectivity index (χ3n) is 3.58. The first-order chi connectivity index (χ1) is 9.45. The standard InChI is InChI=1S/C8H12O3.C6H6.CH4O/c1-5-2-10-7-3-9-4-11-8(7)6(1)5;1-2-4-6-5-3-1;1-2/h5-8H,1-4H2;1-6H;2H,1H3/t5-,6-,7?,8?;;/m0../s1. The minimum atomic E-state index is 0.229. The average molecular weight is 266 g/mol. The Morgan fingerprint density at radius 3 is 2.16 bits per heavy atom. The number of aliphatic hydroxyl groups is 1. The molecule has 106 valence electrons. The van der Waals surface area contributed by atoms with Crippen molar-refractivity contribution < 1.29 is 19.3 Å². The summed E-state index contributed by atoms with van der Waals surface area (Å²) < 4.78 is 16.2. The molecule has 19 heavy (non-hydrogen) atoms. The Morgan fingerprint density at radius 2 is 1.53 bits per heavy atom. The van der Waals surface area contributed by atoms with Gasteiger partial charge in [-0.3, -0.25) is 0 Å². The van der Waals surface area contributed by atoms with Gasteiger partial charge in [0, 0.05) is 7.11 Å². The van der Waals surface area contributed by atoms with Crippen molar-refractivity contribution >= 4 is 0 Å². The van der Waals surface area contributed by atoms with Gasteiger partial charge in [0.05, 0.1) is 19.3 Å². The number of hydrogen-bond acceptors (Lipinski definition) is 4. The third kappa shape index (κ3) is 4.01. The van der Waals surface area contributed by atoms with Gasteiger partial charge in [-0.2, -0.15) is 0 Å². The van der Waals surface area contributed by atoms with Crippen LogP contribution in [0, 0.1) is 11.8 Å². The van der Waals surface area contributed by atoms with Crippen LogP contribution >= 0.6 is 0 Å². The van der Waals surface area contributed by atoms with Crippen LogP contribution in [0.4, 0.5) is 0 Å². The first-order valence-electron chi connectivity index (χ1n) is 6.71. The zero-order valence-electron chi connectivity index (χ0n) is 11.3. The maximum Gasteiger partial charge on any atom is 0.147 e. The van der Waals surface area contributed by atoms with Gasteiger partial charge in [0.2, 0.25) is 0 Å². The van der Waals surface area contributed by atoms with Crippen molar-refractivity contribution in [1.29, 1.82) is 0 Å². The van der Waals surface area contributed by atoms with Crippen molar-refractivity contribution in [3.63, 3.8) is 0 Å². The zero-order chi connectivity index (χ0) is 13.5. The van der Waals surface area contributed by atoms with Crippen molar-refractivity contribution in [2.24, 2.45) is 11.8 Å². The zero-order valence-corrected chi connectivity index (χ0v) is 11.3. The predicted octanol–water partition coefficient (Wildman–Crippen LogP) is 1.69. The highest BCUT2D eigenvalue weighted by atomic mass is 16.7. The van der Waals surface area contributed by atoms with E-state index >= 15 is 0 Å². The van der Waals surface area contributed by atoms with Crippen LogP contribution in [0.25, 0.3) is 0 Å². The van der Waals surface area contributed by atoms with Crippen LogP contribution in [0.5, 0.6) is 0 Å². The van der Waals surface area contributed by atoms with E-state index in [4.69, 9.17) is 19.3 Å². The van der Waals surface area contributed by atoms with Crippen LogP contribution in [0.2, 0.25) is 0 Å². The Balaban J connectivity index is 0.000000143. The van der Waals surface area contributed by atoms with Crippen molar-refractivity contribution in [2.45, 2.75) is 18.6 Å². The van der Waals surface area contributed by atoms with Crippen LogP contribution in [-0.2, 0) is 14.2 Å². The summed E-state index contributed by atoms with van der Waals surface area (Å²) in [5.41, 5.74) is 0. The van der Waals surface area contributed by atoms with Gasteiger partial charge in [-0.05, 0) is 18.3 Å². The first-order valence-corrected chi connectivity index (χ1v) is 6.71. The van der Waals surface area contributed by atoms with Crippen molar-refractivity contribution in [3.8, 4) is 0 Å². The minimum absolute atomic E-state index is 0.229. The summed E-state index contributed by atoms with van der Waals surface area (Å²) in [7, 11) is 1.00. The van der Waals surface area contributed by atoms with Gasteiger partial charge in [-0.25, -0.2) is 0 Å². The largest absolute Gasteiger partial charge is 0.400 e. The molecule has 2 aliphatic heterocycles. The van der Waals surface area contributed by atoms with Gasteiger partial charge in [-0.1, -0.05) is 36.4 Å². The van der Waals surface area contributed by atoms with Crippen molar-refractivity contribution in [1.82, 2.24) is 0 Å². The number of ether oxygens (including phenoxy) is 3. The highest BCUT2D eigenvalue weighted by Crippen LogP contribution is 2.48. The van der Waals surface area contributed by atoms with Gasteiger partial charge < -0.3 is 19.3 Å². The molecule has 4 atom stereocenters. The van der Waals surface area contributed by atoms with Gasteiger partial charge in [-0.15, -0.1) is 0 Å². The van der Waals surface area contributed by atoms with E-state index in [2.05, 4.69) is 0 Å². The molecule has 1 saturated carbocycles. The van der Waals surface area contributed by atoms with E-state index in [1.807, 2.05) is 36.4 Å². The van der Waals surface area contributed by atoms with Crippen LogP contribution < -0.4 is 0 Å². The summed E-state index contributed by atoms with van der Waals surface area (Å²) in [4.78, 5) is 0. The number of rotatable bonds is 0. The first kappa shape index (κ1) is 14.5. The monoisotopic (exact) mass is 266 g/mol. The average Bonchev–Trinajstić information content (AvgIpc) is 3.32. The second-order valence-electron chi connectivity index (χ2n) is 4.81. The van der Waals surface area contributed by atoms with E-state index in [0.29, 0.717) is 12.9 Å². The Hall–Kier alpha value is -0.940. The second-order valence-corrected chi connectivity index (χ2v) is 4.81. The number of fused-ring (bicyclic) bond motifs is 3. The summed E-state index contributed by atoms with van der Waals surface area (Å²) in [5.74, 6) is 1.59. The lowest BCUT2D eigenvalue weighted by Crippen LogP contribution is -2.45. The molecule has 4 nitrogen and oxygen atoms in total. The molecule has 0 spiro atoms. The van der Waals surface area contributed by atoms with Gasteiger partial charge in [0.15, 0.2) is 0 Å². The molecule has 0 bridgehead atoms. The molecule has 1 aliphatic carbocycles. The molecule has 4 heteroatoms. The van der Waals surface area contributed by atoms with Gasteiger partial charge >= 0.3 is 0 Å². The Kier molecular flexibility index (Phi) is 5.79. The molecule has 0 aromatic heterocycles. The SMILES string of the molecule is C1OCC2OC[C@@H]3C[C@@H]3C2O1.CO.c1ccccc1. The predicted molar refractivity (Wildman–Crippen MR) is 71.6 cm³/mol. The Bertz CT molecular complexity index is 317. The smallest absolute Gasteiger partial charge is 0.147 e. The summed E-state index contributed by atoms with van der Waals surface area (Å²) in [6.45, 7) is 2.13. The number of aliphatic hydroxyl groups excluding tert-OH is 1. The maximum atomic E-state index is 7.00. The lowest BCUT2D eigenvalue weighted by atomic mass is 10.1. The fourth-order valence-electron chi connectivity index (χ4n) is 2.53. The summed E-state index contributed by atoms with van der Waals surface area (Å²) in [6.07, 6.45) is 1.89. The second kappa shape index (κ2) is 7.60. The fraction of sp³-hybridized carbons (Fsp3) is 0.600. The lowest BCUT2D eigenvalue weighted by molar-refractivity contribution is -0.227. The molecule has 4 rings (SSSR count). The lowest BCUT2D eigenvalue weighted by Gasteiger charge is -2.34. The molecule has 1 N–H and O–H groups in total. The van der Waals surface area contributed by atoms with Gasteiger partial charge in [0.1, 0.15) is 12.9 Å². The van der Waals surface area contributed by atoms with Crippen LogP contribution in [0.1, 0.15) is 6.42 Å². The molecule has 3 aliphatic rings. The molecule has 1 aromatic rings. The summed E-state index contributed by atoms with van der Waals surface area (Å²) in [5, 5.41) is 7.00. The van der Waals surface area contributed by atoms with E-state index < -0.39 is 0 Å². The van der Waals surface area contributed by atoms with Gasteiger partial charge in [0.25, 0.3) is 0 Å². The molecule has 0 radical (unpaired) electrons. The van der Waals surface area contributed by atoms with E-state index in [1.165, 1.54) is 6.42 Å². The molecule has 0 amide bonds. The fourth-order valence-corrected chi connectivity index (χ4v) is 2.53. The quantitative estimate of drug-likeness (QED) is 0.776. The summed E-state index contributed by atoms with van der Waals surface area (Å²) in [6, 6.07) is 12.0. The topological polar surface area (TPSA) is 47.9 Å². The third-order valence-corrected chi connectivity index (χ3v) is 3.58. The van der Waals surface area contributed by atoms with E-state index in [9.17, 15) is 0 Å². The molecule has 3 fully saturated rings. The molecule has 2 unspecified atom stereocenters. The Morgan fingerprint density at radius 1 is 0.895 bits per heavy atom. The van der Waals surface area contributed by atoms with Crippen LogP contribution in [-0.4, -0.2) is 44.4 Å². The minimum Gasteiger partial charge on any atom is -0.400 e. The normalized spacial score (nSPS) is 34.4. The number of hydrogen-bond donors (Lipinski definition) is 1. The van der Waals surface area contributed by atoms with E-state index in [0.717, 1.165) is 32.2 Å². The van der Waals surface area contributed by atoms with E-state index in [1.54, 1.807) is 0 Å². The van der Waals surface area contributed by atoms with E-state index in [-0.39, 0.29) is 6.10 Å².